The molecule has 4 nitrogen and oxygen atoms in total. The first-order chi connectivity index (χ1) is 11.1. The highest BCUT2D eigenvalue weighted by molar-refractivity contribution is 5.94. The summed E-state index contributed by atoms with van der Waals surface area (Å²) in [6, 6.07) is 14.3. The Bertz CT molecular complexity index is 736. The predicted octanol–water partition coefficient (Wildman–Crippen LogP) is 3.35. The van der Waals surface area contributed by atoms with Crippen LogP contribution in [-0.4, -0.2) is 23.7 Å². The average molecular weight is 310 g/mol. The van der Waals surface area contributed by atoms with E-state index in [2.05, 4.69) is 18.2 Å². The van der Waals surface area contributed by atoms with Crippen molar-refractivity contribution in [2.45, 2.75) is 19.3 Å². The Morgan fingerprint density at radius 3 is 2.57 bits per heavy atom. The van der Waals surface area contributed by atoms with Crippen molar-refractivity contribution in [1.82, 2.24) is 0 Å². The fourth-order valence-corrected chi connectivity index (χ4v) is 2.97. The van der Waals surface area contributed by atoms with Gasteiger partial charge in [-0.15, -0.1) is 0 Å². The van der Waals surface area contributed by atoms with Gasteiger partial charge < -0.3 is 9.84 Å². The van der Waals surface area contributed by atoms with Crippen LogP contribution in [0.2, 0.25) is 0 Å². The van der Waals surface area contributed by atoms with Crippen molar-refractivity contribution in [3.05, 3.63) is 70.8 Å². The third kappa shape index (κ3) is 3.59. The van der Waals surface area contributed by atoms with Crippen LogP contribution in [0.15, 0.2) is 48.5 Å². The summed E-state index contributed by atoms with van der Waals surface area (Å²) in [4.78, 5) is 23.0. The summed E-state index contributed by atoms with van der Waals surface area (Å²) >= 11 is 0. The van der Waals surface area contributed by atoms with Crippen molar-refractivity contribution < 1.29 is 19.4 Å². The second-order valence-corrected chi connectivity index (χ2v) is 5.86. The highest BCUT2D eigenvalue weighted by atomic mass is 16.5. The number of benzene rings is 2. The van der Waals surface area contributed by atoms with Gasteiger partial charge in [0.05, 0.1) is 17.7 Å². The Morgan fingerprint density at radius 1 is 1.04 bits per heavy atom. The number of esters is 1. The standard InChI is InChI=1S/C19H18O4/c20-18(21)16-6-3-7-17(11-16)19(22)23-12-13-8-9-14-4-1-2-5-15(14)10-13/h1-7,11,13H,8-10,12H2,(H,20,21). The van der Waals surface area contributed by atoms with E-state index >= 15 is 0 Å². The number of ether oxygens (including phenoxy) is 1. The lowest BCUT2D eigenvalue weighted by atomic mass is 9.84. The molecule has 0 aromatic heterocycles. The highest BCUT2D eigenvalue weighted by Crippen LogP contribution is 2.25. The number of carboxylic acid groups (broad SMARTS) is 1. The molecular weight excluding hydrogens is 292 g/mol. The number of hydrogen-bond acceptors (Lipinski definition) is 3. The van der Waals surface area contributed by atoms with E-state index < -0.39 is 11.9 Å². The lowest BCUT2D eigenvalue weighted by molar-refractivity contribution is 0.0428. The van der Waals surface area contributed by atoms with E-state index in [-0.39, 0.29) is 11.1 Å². The van der Waals surface area contributed by atoms with Gasteiger partial charge in [-0.2, -0.15) is 0 Å². The first-order valence-electron chi connectivity index (χ1n) is 7.71. The lowest BCUT2D eigenvalue weighted by Crippen LogP contribution is -2.21. The van der Waals surface area contributed by atoms with Gasteiger partial charge in [-0.3, -0.25) is 0 Å². The lowest BCUT2D eigenvalue weighted by Gasteiger charge is -2.24. The normalized spacial score (nSPS) is 16.4. The molecule has 0 spiro atoms. The first-order valence-corrected chi connectivity index (χ1v) is 7.71. The number of carbonyl (C=O) groups is 2. The van der Waals surface area contributed by atoms with E-state index in [1.807, 2.05) is 6.07 Å². The number of rotatable bonds is 4. The van der Waals surface area contributed by atoms with Gasteiger partial charge in [0.2, 0.25) is 0 Å². The molecule has 2 aromatic carbocycles. The van der Waals surface area contributed by atoms with Crippen molar-refractivity contribution >= 4 is 11.9 Å². The number of aromatic carboxylic acids is 1. The zero-order valence-electron chi connectivity index (χ0n) is 12.7. The molecule has 0 heterocycles. The van der Waals surface area contributed by atoms with Crippen LogP contribution in [0.5, 0.6) is 0 Å². The molecule has 0 saturated heterocycles. The Morgan fingerprint density at radius 2 is 1.78 bits per heavy atom. The molecule has 0 radical (unpaired) electrons. The molecule has 0 saturated carbocycles. The summed E-state index contributed by atoms with van der Waals surface area (Å²) in [5.41, 5.74) is 3.07. The molecule has 3 rings (SSSR count). The van der Waals surface area contributed by atoms with Crippen LogP contribution >= 0.6 is 0 Å². The fraction of sp³-hybridized carbons (Fsp3) is 0.263. The van der Waals surface area contributed by atoms with E-state index in [1.165, 1.54) is 23.3 Å². The van der Waals surface area contributed by atoms with Gasteiger partial charge in [0.15, 0.2) is 0 Å². The zero-order valence-corrected chi connectivity index (χ0v) is 12.7. The van der Waals surface area contributed by atoms with Crippen molar-refractivity contribution in [3.63, 3.8) is 0 Å². The SMILES string of the molecule is O=C(O)c1cccc(C(=O)OCC2CCc3ccccc3C2)c1. The highest BCUT2D eigenvalue weighted by Gasteiger charge is 2.20. The first kappa shape index (κ1) is 15.3. The molecule has 0 amide bonds. The van der Waals surface area contributed by atoms with Crippen LogP contribution in [0.25, 0.3) is 0 Å². The summed E-state index contributed by atoms with van der Waals surface area (Å²) in [5, 5.41) is 8.97. The average Bonchev–Trinajstić information content (AvgIpc) is 2.59. The van der Waals surface area contributed by atoms with Gasteiger partial charge in [-0.1, -0.05) is 30.3 Å². The van der Waals surface area contributed by atoms with E-state index in [1.54, 1.807) is 12.1 Å². The monoisotopic (exact) mass is 310 g/mol. The van der Waals surface area contributed by atoms with Crippen LogP contribution in [0.3, 0.4) is 0 Å². The van der Waals surface area contributed by atoms with Crippen molar-refractivity contribution in [2.24, 2.45) is 5.92 Å². The van der Waals surface area contributed by atoms with Crippen molar-refractivity contribution in [3.8, 4) is 0 Å². The Hall–Kier alpha value is -2.62. The maximum Gasteiger partial charge on any atom is 0.338 e. The van der Waals surface area contributed by atoms with Crippen LogP contribution < -0.4 is 0 Å². The van der Waals surface area contributed by atoms with E-state index in [4.69, 9.17) is 9.84 Å². The quantitative estimate of drug-likeness (QED) is 0.880. The van der Waals surface area contributed by atoms with Crippen molar-refractivity contribution in [2.75, 3.05) is 6.61 Å². The number of fused-ring (bicyclic) bond motifs is 1. The molecule has 2 aromatic rings. The summed E-state index contributed by atoms with van der Waals surface area (Å²) in [6.45, 7) is 0.366. The van der Waals surface area contributed by atoms with Crippen LogP contribution in [0.4, 0.5) is 0 Å². The number of carbonyl (C=O) groups excluding carboxylic acids is 1. The summed E-state index contributed by atoms with van der Waals surface area (Å²) in [5.74, 6) is -1.20. The third-order valence-corrected chi connectivity index (χ3v) is 4.24. The molecule has 0 bridgehead atoms. The summed E-state index contributed by atoms with van der Waals surface area (Å²) in [6.07, 6.45) is 2.92. The Kier molecular flexibility index (Phi) is 4.42. The van der Waals surface area contributed by atoms with Gasteiger partial charge in [0.25, 0.3) is 0 Å². The summed E-state index contributed by atoms with van der Waals surface area (Å²) in [7, 11) is 0. The topological polar surface area (TPSA) is 63.6 Å². The molecule has 118 valence electrons. The number of aryl methyl sites for hydroxylation is 1. The smallest absolute Gasteiger partial charge is 0.338 e. The van der Waals surface area contributed by atoms with Gasteiger partial charge >= 0.3 is 11.9 Å². The molecule has 4 heteroatoms. The molecule has 0 aliphatic heterocycles. The van der Waals surface area contributed by atoms with Crippen molar-refractivity contribution in [1.29, 1.82) is 0 Å². The Balaban J connectivity index is 1.60. The van der Waals surface area contributed by atoms with Crippen LogP contribution in [-0.2, 0) is 17.6 Å². The summed E-state index contributed by atoms with van der Waals surface area (Å²) < 4.78 is 5.39. The third-order valence-electron chi connectivity index (χ3n) is 4.24. The van der Waals surface area contributed by atoms with E-state index in [0.29, 0.717) is 12.5 Å². The largest absolute Gasteiger partial charge is 0.478 e. The Labute approximate surface area is 134 Å². The maximum absolute atomic E-state index is 12.1. The zero-order chi connectivity index (χ0) is 16.2. The molecule has 1 atom stereocenters. The number of carboxylic acids is 1. The van der Waals surface area contributed by atoms with E-state index in [9.17, 15) is 9.59 Å². The minimum atomic E-state index is -1.05. The minimum Gasteiger partial charge on any atom is -0.478 e. The maximum atomic E-state index is 12.1. The second-order valence-electron chi connectivity index (χ2n) is 5.86. The fourth-order valence-electron chi connectivity index (χ4n) is 2.97. The second kappa shape index (κ2) is 6.65. The van der Waals surface area contributed by atoms with Gasteiger partial charge in [0.1, 0.15) is 0 Å². The predicted molar refractivity (Wildman–Crippen MR) is 85.6 cm³/mol. The van der Waals surface area contributed by atoms with Gasteiger partial charge in [-0.25, -0.2) is 9.59 Å². The van der Waals surface area contributed by atoms with Crippen LogP contribution in [0, 0.1) is 5.92 Å². The molecule has 0 fully saturated rings. The molecule has 1 unspecified atom stereocenters. The molecule has 1 aliphatic carbocycles. The minimum absolute atomic E-state index is 0.0889. The molecule has 1 aliphatic rings. The van der Waals surface area contributed by atoms with Gasteiger partial charge in [0, 0.05) is 0 Å². The molecule has 1 N–H and O–H groups in total. The molecular formula is C19H18O4. The van der Waals surface area contributed by atoms with Gasteiger partial charge in [-0.05, 0) is 54.5 Å². The number of hydrogen-bond donors (Lipinski definition) is 1. The molecule has 23 heavy (non-hydrogen) atoms. The van der Waals surface area contributed by atoms with E-state index in [0.717, 1.165) is 19.3 Å². The van der Waals surface area contributed by atoms with Crippen LogP contribution in [0.1, 0.15) is 38.3 Å².